The van der Waals surface area contributed by atoms with Crippen molar-refractivity contribution >= 4 is 11.7 Å². The molecule has 1 aliphatic carbocycles. The molecule has 4 nitrogen and oxygen atoms in total. The fourth-order valence-corrected chi connectivity index (χ4v) is 3.95. The summed E-state index contributed by atoms with van der Waals surface area (Å²) >= 11 is 0. The highest BCUT2D eigenvalue weighted by atomic mass is 16.5. The molecule has 1 saturated carbocycles. The van der Waals surface area contributed by atoms with Crippen molar-refractivity contribution in [3.63, 3.8) is 0 Å². The van der Waals surface area contributed by atoms with Gasteiger partial charge in [0.2, 0.25) is 0 Å². The molecule has 0 spiro atoms. The quantitative estimate of drug-likeness (QED) is 0.773. The molecule has 0 atom stereocenters. The maximum absolute atomic E-state index is 11.7. The van der Waals surface area contributed by atoms with E-state index in [4.69, 9.17) is 4.74 Å². The van der Waals surface area contributed by atoms with Crippen LogP contribution in [0.2, 0.25) is 0 Å². The molecule has 1 saturated heterocycles. The first-order valence-electron chi connectivity index (χ1n) is 9.50. The highest BCUT2D eigenvalue weighted by molar-refractivity contribution is 5.89. The SMILES string of the molecule is CCOC(=O)c1ccc(N2CCN(CC3CCCCC3)CC2)cc1. The molecular formula is C20H30N2O2. The van der Waals surface area contributed by atoms with Crippen molar-refractivity contribution in [1.29, 1.82) is 0 Å². The molecule has 1 aliphatic heterocycles. The largest absolute Gasteiger partial charge is 0.462 e. The number of piperazine rings is 1. The minimum Gasteiger partial charge on any atom is -0.462 e. The minimum absolute atomic E-state index is 0.235. The summed E-state index contributed by atoms with van der Waals surface area (Å²) in [4.78, 5) is 16.8. The molecular weight excluding hydrogens is 300 g/mol. The van der Waals surface area contributed by atoms with Gasteiger partial charge in [-0.2, -0.15) is 0 Å². The molecule has 0 N–H and O–H groups in total. The summed E-state index contributed by atoms with van der Waals surface area (Å²) in [6.45, 7) is 7.99. The summed E-state index contributed by atoms with van der Waals surface area (Å²) in [6.07, 6.45) is 7.14. The van der Waals surface area contributed by atoms with Crippen LogP contribution < -0.4 is 4.90 Å². The van der Waals surface area contributed by atoms with Crippen LogP contribution >= 0.6 is 0 Å². The second-order valence-electron chi connectivity index (χ2n) is 7.06. The number of ether oxygens (including phenoxy) is 1. The molecule has 24 heavy (non-hydrogen) atoms. The smallest absolute Gasteiger partial charge is 0.338 e. The van der Waals surface area contributed by atoms with E-state index in [-0.39, 0.29) is 5.97 Å². The summed E-state index contributed by atoms with van der Waals surface area (Å²) in [7, 11) is 0. The zero-order valence-electron chi connectivity index (χ0n) is 14.9. The molecule has 0 aromatic heterocycles. The van der Waals surface area contributed by atoms with Crippen LogP contribution in [-0.2, 0) is 4.74 Å². The van der Waals surface area contributed by atoms with Gasteiger partial charge in [-0.05, 0) is 49.9 Å². The number of anilines is 1. The van der Waals surface area contributed by atoms with Crippen molar-refractivity contribution in [2.75, 3.05) is 44.2 Å². The van der Waals surface area contributed by atoms with Crippen LogP contribution in [0.3, 0.4) is 0 Å². The number of esters is 1. The van der Waals surface area contributed by atoms with Crippen LogP contribution in [0.25, 0.3) is 0 Å². The van der Waals surface area contributed by atoms with Gasteiger partial charge in [-0.1, -0.05) is 19.3 Å². The van der Waals surface area contributed by atoms with E-state index in [0.29, 0.717) is 12.2 Å². The van der Waals surface area contributed by atoms with Crippen molar-refractivity contribution < 1.29 is 9.53 Å². The van der Waals surface area contributed by atoms with Gasteiger partial charge in [0.25, 0.3) is 0 Å². The van der Waals surface area contributed by atoms with Crippen LogP contribution in [0.15, 0.2) is 24.3 Å². The molecule has 4 heteroatoms. The summed E-state index contributed by atoms with van der Waals surface area (Å²) in [5.41, 5.74) is 1.84. The number of hydrogen-bond donors (Lipinski definition) is 0. The number of nitrogens with zero attached hydrogens (tertiary/aromatic N) is 2. The zero-order valence-corrected chi connectivity index (χ0v) is 14.9. The van der Waals surface area contributed by atoms with Crippen LogP contribution in [0.5, 0.6) is 0 Å². The monoisotopic (exact) mass is 330 g/mol. The summed E-state index contributed by atoms with van der Waals surface area (Å²) in [6, 6.07) is 7.84. The predicted molar refractivity (Wildman–Crippen MR) is 97.6 cm³/mol. The van der Waals surface area contributed by atoms with E-state index in [1.165, 1.54) is 44.3 Å². The lowest BCUT2D eigenvalue weighted by Crippen LogP contribution is -2.48. The van der Waals surface area contributed by atoms with Crippen molar-refractivity contribution in [2.24, 2.45) is 5.92 Å². The average molecular weight is 330 g/mol. The van der Waals surface area contributed by atoms with E-state index < -0.39 is 0 Å². The number of carbonyl (C=O) groups is 1. The van der Waals surface area contributed by atoms with Crippen LogP contribution in [-0.4, -0.2) is 50.2 Å². The minimum atomic E-state index is -0.235. The van der Waals surface area contributed by atoms with E-state index >= 15 is 0 Å². The van der Waals surface area contributed by atoms with Gasteiger partial charge in [-0.3, -0.25) is 4.90 Å². The van der Waals surface area contributed by atoms with Gasteiger partial charge in [-0.15, -0.1) is 0 Å². The van der Waals surface area contributed by atoms with E-state index in [9.17, 15) is 4.79 Å². The number of carbonyl (C=O) groups excluding carboxylic acids is 1. The average Bonchev–Trinajstić information content (AvgIpc) is 2.64. The van der Waals surface area contributed by atoms with Crippen molar-refractivity contribution in [3.05, 3.63) is 29.8 Å². The molecule has 1 heterocycles. The van der Waals surface area contributed by atoms with Gasteiger partial charge >= 0.3 is 5.97 Å². The Bertz CT molecular complexity index is 515. The maximum atomic E-state index is 11.7. The molecule has 0 bridgehead atoms. The van der Waals surface area contributed by atoms with Crippen molar-refractivity contribution in [3.8, 4) is 0 Å². The summed E-state index contributed by atoms with van der Waals surface area (Å²) in [5.74, 6) is 0.690. The molecule has 1 aromatic carbocycles. The molecule has 2 fully saturated rings. The molecule has 0 radical (unpaired) electrons. The number of rotatable bonds is 5. The Morgan fingerprint density at radius 1 is 1.04 bits per heavy atom. The highest BCUT2D eigenvalue weighted by Crippen LogP contribution is 2.25. The number of benzene rings is 1. The Labute approximate surface area is 145 Å². The molecule has 0 unspecified atom stereocenters. The molecule has 3 rings (SSSR count). The number of hydrogen-bond acceptors (Lipinski definition) is 4. The van der Waals surface area contributed by atoms with Gasteiger partial charge < -0.3 is 9.64 Å². The third kappa shape index (κ3) is 4.50. The second-order valence-corrected chi connectivity index (χ2v) is 7.06. The third-order valence-electron chi connectivity index (χ3n) is 5.36. The molecule has 132 valence electrons. The van der Waals surface area contributed by atoms with Gasteiger partial charge in [0.15, 0.2) is 0 Å². The van der Waals surface area contributed by atoms with Crippen molar-refractivity contribution in [2.45, 2.75) is 39.0 Å². The summed E-state index contributed by atoms with van der Waals surface area (Å²) in [5, 5.41) is 0. The fourth-order valence-electron chi connectivity index (χ4n) is 3.95. The topological polar surface area (TPSA) is 32.8 Å². The van der Waals surface area contributed by atoms with E-state index in [2.05, 4.69) is 9.80 Å². The van der Waals surface area contributed by atoms with Crippen LogP contribution in [0, 0.1) is 5.92 Å². The predicted octanol–water partition coefficient (Wildman–Crippen LogP) is 3.57. The fraction of sp³-hybridized carbons (Fsp3) is 0.650. The van der Waals surface area contributed by atoms with Gasteiger partial charge in [0.1, 0.15) is 0 Å². The Morgan fingerprint density at radius 3 is 2.33 bits per heavy atom. The molecule has 1 aromatic rings. The second kappa shape index (κ2) is 8.52. The first-order valence-corrected chi connectivity index (χ1v) is 9.50. The van der Waals surface area contributed by atoms with E-state index in [1.54, 1.807) is 0 Å². The Balaban J connectivity index is 1.48. The van der Waals surface area contributed by atoms with Gasteiger partial charge in [0.05, 0.1) is 12.2 Å². The lowest BCUT2D eigenvalue weighted by Gasteiger charge is -2.38. The highest BCUT2D eigenvalue weighted by Gasteiger charge is 2.21. The Hall–Kier alpha value is -1.55. The first-order chi connectivity index (χ1) is 11.8. The van der Waals surface area contributed by atoms with E-state index in [0.717, 1.165) is 32.1 Å². The summed E-state index contributed by atoms with van der Waals surface area (Å²) < 4.78 is 5.04. The van der Waals surface area contributed by atoms with Crippen LogP contribution in [0.4, 0.5) is 5.69 Å². The maximum Gasteiger partial charge on any atom is 0.338 e. The Morgan fingerprint density at radius 2 is 1.71 bits per heavy atom. The van der Waals surface area contributed by atoms with Gasteiger partial charge in [-0.25, -0.2) is 4.79 Å². The lowest BCUT2D eigenvalue weighted by molar-refractivity contribution is 0.0526. The van der Waals surface area contributed by atoms with Gasteiger partial charge in [0, 0.05) is 38.4 Å². The molecule has 2 aliphatic rings. The van der Waals surface area contributed by atoms with Crippen LogP contribution in [0.1, 0.15) is 49.4 Å². The standard InChI is InChI=1S/C20H30N2O2/c1-2-24-20(23)18-8-10-19(11-9-18)22-14-12-21(13-15-22)16-17-6-4-3-5-7-17/h8-11,17H,2-7,12-16H2,1H3. The molecule has 0 amide bonds. The van der Waals surface area contributed by atoms with E-state index in [1.807, 2.05) is 31.2 Å². The zero-order chi connectivity index (χ0) is 16.8. The normalized spacial score (nSPS) is 20.1. The first kappa shape index (κ1) is 17.3. The lowest BCUT2D eigenvalue weighted by atomic mass is 9.89. The Kier molecular flexibility index (Phi) is 6.13. The third-order valence-corrected chi connectivity index (χ3v) is 5.36. The van der Waals surface area contributed by atoms with Crippen molar-refractivity contribution in [1.82, 2.24) is 4.90 Å².